The molecule has 3 N–H and O–H groups in total. The van der Waals surface area contributed by atoms with Gasteiger partial charge in [0.1, 0.15) is 0 Å². The lowest BCUT2D eigenvalue weighted by atomic mass is 9.87. The molecular weight excluding hydrogens is 238 g/mol. The molecule has 0 saturated heterocycles. The molecule has 0 bridgehead atoms. The second kappa shape index (κ2) is 4.84. The monoisotopic (exact) mass is 257 g/mol. The molecule has 5 heteroatoms. The molecule has 2 aromatic rings. The predicted octanol–water partition coefficient (Wildman–Crippen LogP) is 2.46. The molecule has 0 unspecified atom stereocenters. The highest BCUT2D eigenvalue weighted by atomic mass is 15.2. The third-order valence-electron chi connectivity index (χ3n) is 2.89. The first-order valence-electron chi connectivity index (χ1n) is 6.20. The van der Waals surface area contributed by atoms with Crippen LogP contribution in [0.15, 0.2) is 24.3 Å². The Bertz CT molecular complexity index is 569. The molecule has 0 aliphatic rings. The smallest absolute Gasteiger partial charge is 0.227 e. The lowest BCUT2D eigenvalue weighted by Gasteiger charge is -2.19. The van der Waals surface area contributed by atoms with Crippen LogP contribution >= 0.6 is 0 Å². The van der Waals surface area contributed by atoms with E-state index in [4.69, 9.17) is 5.73 Å². The van der Waals surface area contributed by atoms with Gasteiger partial charge in [0.15, 0.2) is 5.82 Å². The van der Waals surface area contributed by atoms with Crippen molar-refractivity contribution < 1.29 is 0 Å². The molecule has 0 amide bonds. The number of hydrogen-bond acceptors (Lipinski definition) is 5. The molecule has 0 radical (unpaired) electrons. The zero-order valence-corrected chi connectivity index (χ0v) is 11.7. The van der Waals surface area contributed by atoms with Crippen molar-refractivity contribution in [2.75, 3.05) is 18.1 Å². The van der Waals surface area contributed by atoms with Crippen LogP contribution in [-0.4, -0.2) is 22.0 Å². The Kier molecular flexibility index (Phi) is 3.38. The van der Waals surface area contributed by atoms with Gasteiger partial charge in [-0.25, -0.2) is 0 Å². The first-order valence-corrected chi connectivity index (χ1v) is 6.20. The number of anilines is 2. The molecule has 0 aliphatic carbocycles. The Morgan fingerprint density at radius 1 is 1.00 bits per heavy atom. The largest absolute Gasteiger partial charge is 0.368 e. The molecule has 1 heterocycles. The van der Waals surface area contributed by atoms with E-state index in [0.717, 1.165) is 5.56 Å². The van der Waals surface area contributed by atoms with Gasteiger partial charge in [-0.1, -0.05) is 45.0 Å². The van der Waals surface area contributed by atoms with E-state index >= 15 is 0 Å². The summed E-state index contributed by atoms with van der Waals surface area (Å²) in [5.74, 6) is 1.27. The SMILES string of the molecule is CNc1nc(N)nc(-c2ccc(C(C)(C)C)cc2)n1. The summed E-state index contributed by atoms with van der Waals surface area (Å²) in [6.45, 7) is 6.55. The second-order valence-electron chi connectivity index (χ2n) is 5.42. The summed E-state index contributed by atoms with van der Waals surface area (Å²) < 4.78 is 0. The summed E-state index contributed by atoms with van der Waals surface area (Å²) >= 11 is 0. The fourth-order valence-corrected chi connectivity index (χ4v) is 1.75. The van der Waals surface area contributed by atoms with Gasteiger partial charge < -0.3 is 11.1 Å². The third kappa shape index (κ3) is 2.99. The Labute approximate surface area is 113 Å². The number of aromatic nitrogens is 3. The van der Waals surface area contributed by atoms with Crippen LogP contribution in [0.5, 0.6) is 0 Å². The molecule has 1 aromatic carbocycles. The highest BCUT2D eigenvalue weighted by Crippen LogP contribution is 2.25. The van der Waals surface area contributed by atoms with Gasteiger partial charge in [-0.3, -0.25) is 0 Å². The lowest BCUT2D eigenvalue weighted by Crippen LogP contribution is -2.10. The van der Waals surface area contributed by atoms with Gasteiger partial charge in [0.25, 0.3) is 0 Å². The van der Waals surface area contributed by atoms with Crippen LogP contribution in [0.25, 0.3) is 11.4 Å². The first-order chi connectivity index (χ1) is 8.90. The van der Waals surface area contributed by atoms with Gasteiger partial charge in [-0.15, -0.1) is 0 Å². The van der Waals surface area contributed by atoms with Gasteiger partial charge in [0.05, 0.1) is 0 Å². The molecule has 100 valence electrons. The second-order valence-corrected chi connectivity index (χ2v) is 5.42. The number of nitrogens with two attached hydrogens (primary N) is 1. The fourth-order valence-electron chi connectivity index (χ4n) is 1.75. The number of hydrogen-bond donors (Lipinski definition) is 2. The van der Waals surface area contributed by atoms with Crippen molar-refractivity contribution in [1.82, 2.24) is 15.0 Å². The number of nitrogen functional groups attached to an aromatic ring is 1. The average molecular weight is 257 g/mol. The summed E-state index contributed by atoms with van der Waals surface area (Å²) in [4.78, 5) is 12.4. The molecule has 2 rings (SSSR count). The molecule has 0 aliphatic heterocycles. The molecule has 0 atom stereocenters. The summed E-state index contributed by atoms with van der Waals surface area (Å²) in [5, 5.41) is 2.87. The molecule has 0 spiro atoms. The van der Waals surface area contributed by atoms with Crippen molar-refractivity contribution in [1.29, 1.82) is 0 Å². The zero-order valence-electron chi connectivity index (χ0n) is 11.7. The minimum absolute atomic E-state index is 0.132. The maximum absolute atomic E-state index is 5.67. The summed E-state index contributed by atoms with van der Waals surface area (Å²) in [5.41, 5.74) is 8.00. The number of nitrogens with one attached hydrogen (secondary N) is 1. The first kappa shape index (κ1) is 13.3. The van der Waals surface area contributed by atoms with Crippen LogP contribution in [0.4, 0.5) is 11.9 Å². The third-order valence-corrected chi connectivity index (χ3v) is 2.89. The van der Waals surface area contributed by atoms with Crippen molar-refractivity contribution in [2.45, 2.75) is 26.2 Å². The van der Waals surface area contributed by atoms with Crippen molar-refractivity contribution in [3.8, 4) is 11.4 Å². The highest BCUT2D eigenvalue weighted by Gasteiger charge is 2.14. The Morgan fingerprint density at radius 2 is 1.63 bits per heavy atom. The van der Waals surface area contributed by atoms with E-state index < -0.39 is 0 Å². The van der Waals surface area contributed by atoms with Gasteiger partial charge >= 0.3 is 0 Å². The van der Waals surface area contributed by atoms with Crippen LogP contribution in [0.1, 0.15) is 26.3 Å². The van der Waals surface area contributed by atoms with Gasteiger partial charge in [0, 0.05) is 12.6 Å². The Morgan fingerprint density at radius 3 is 2.16 bits per heavy atom. The average Bonchev–Trinajstić information content (AvgIpc) is 2.37. The highest BCUT2D eigenvalue weighted by molar-refractivity contribution is 5.58. The van der Waals surface area contributed by atoms with Crippen LogP contribution in [0.3, 0.4) is 0 Å². The van der Waals surface area contributed by atoms with Gasteiger partial charge in [0.2, 0.25) is 11.9 Å². The number of rotatable bonds is 2. The Balaban J connectivity index is 2.40. The molecular formula is C14H19N5. The topological polar surface area (TPSA) is 76.7 Å². The van der Waals surface area contributed by atoms with Crippen molar-refractivity contribution in [3.05, 3.63) is 29.8 Å². The van der Waals surface area contributed by atoms with E-state index in [1.54, 1.807) is 7.05 Å². The van der Waals surface area contributed by atoms with Gasteiger partial charge in [-0.2, -0.15) is 15.0 Å². The predicted molar refractivity (Wildman–Crippen MR) is 77.9 cm³/mol. The molecule has 0 saturated carbocycles. The summed E-state index contributed by atoms with van der Waals surface area (Å²) in [6.07, 6.45) is 0. The van der Waals surface area contributed by atoms with Crippen molar-refractivity contribution in [2.24, 2.45) is 0 Å². The van der Waals surface area contributed by atoms with E-state index in [1.165, 1.54) is 5.56 Å². The number of nitrogens with zero attached hydrogens (tertiary/aromatic N) is 3. The molecule has 19 heavy (non-hydrogen) atoms. The van der Waals surface area contributed by atoms with E-state index in [2.05, 4.69) is 53.2 Å². The van der Waals surface area contributed by atoms with E-state index in [1.807, 2.05) is 12.1 Å². The minimum atomic E-state index is 0.132. The van der Waals surface area contributed by atoms with Crippen molar-refractivity contribution >= 4 is 11.9 Å². The maximum Gasteiger partial charge on any atom is 0.227 e. The lowest BCUT2D eigenvalue weighted by molar-refractivity contribution is 0.590. The fraction of sp³-hybridized carbons (Fsp3) is 0.357. The minimum Gasteiger partial charge on any atom is -0.368 e. The quantitative estimate of drug-likeness (QED) is 0.864. The van der Waals surface area contributed by atoms with Crippen LogP contribution < -0.4 is 11.1 Å². The van der Waals surface area contributed by atoms with Gasteiger partial charge in [-0.05, 0) is 11.0 Å². The zero-order chi connectivity index (χ0) is 14.0. The Hall–Kier alpha value is -2.17. The molecule has 0 fully saturated rings. The van der Waals surface area contributed by atoms with Crippen molar-refractivity contribution in [3.63, 3.8) is 0 Å². The summed E-state index contributed by atoms with van der Waals surface area (Å²) in [7, 11) is 1.75. The summed E-state index contributed by atoms with van der Waals surface area (Å²) in [6, 6.07) is 8.20. The molecule has 1 aromatic heterocycles. The number of benzene rings is 1. The maximum atomic E-state index is 5.67. The van der Waals surface area contributed by atoms with Crippen LogP contribution in [0, 0.1) is 0 Å². The standard InChI is InChI=1S/C14H19N5/c1-14(2,3)10-7-5-9(6-8-10)11-17-12(15)19-13(16-4)18-11/h5-8H,1-4H3,(H3,15,16,17,18,19). The normalized spacial score (nSPS) is 11.4. The van der Waals surface area contributed by atoms with E-state index in [0.29, 0.717) is 11.8 Å². The van der Waals surface area contributed by atoms with E-state index in [-0.39, 0.29) is 11.4 Å². The van der Waals surface area contributed by atoms with E-state index in [9.17, 15) is 0 Å². The van der Waals surface area contributed by atoms with Crippen LogP contribution in [0.2, 0.25) is 0 Å². The molecule has 5 nitrogen and oxygen atoms in total. The van der Waals surface area contributed by atoms with Crippen LogP contribution in [-0.2, 0) is 5.41 Å².